The summed E-state index contributed by atoms with van der Waals surface area (Å²) in [4.78, 5) is 14.3. The van der Waals surface area contributed by atoms with Crippen LogP contribution in [0.1, 0.15) is 31.2 Å². The van der Waals surface area contributed by atoms with Gasteiger partial charge in [-0.1, -0.05) is 6.08 Å². The van der Waals surface area contributed by atoms with E-state index >= 15 is 4.39 Å². The van der Waals surface area contributed by atoms with E-state index in [1.807, 2.05) is 38.1 Å². The molecule has 0 atom stereocenters. The van der Waals surface area contributed by atoms with Gasteiger partial charge >= 0.3 is 6.01 Å². The molecule has 9 nitrogen and oxygen atoms in total. The number of halogens is 1. The van der Waals surface area contributed by atoms with Crippen LogP contribution >= 0.6 is 0 Å². The SMILES string of the molecule is C/C=C/c1cc(Nc2cc(N3CCC(CO)CC3)nc(Oc3ccc4[nH]c(C)cc4c3F)n2)n[nH]1. The monoisotopic (exact) mass is 477 g/mol. The molecule has 182 valence electrons. The lowest BCUT2D eigenvalue weighted by molar-refractivity contribution is 0.202. The maximum absolute atomic E-state index is 15.2. The largest absolute Gasteiger partial charge is 0.421 e. The molecule has 4 heterocycles. The molecule has 0 radical (unpaired) electrons. The Labute approximate surface area is 202 Å². The molecule has 0 unspecified atom stereocenters. The number of allylic oxidation sites excluding steroid dienone is 1. The van der Waals surface area contributed by atoms with Crippen LogP contribution in [0.15, 0.2) is 36.4 Å². The van der Waals surface area contributed by atoms with Crippen LogP contribution in [-0.4, -0.2) is 50.0 Å². The summed E-state index contributed by atoms with van der Waals surface area (Å²) in [5.41, 5.74) is 2.42. The number of rotatable bonds is 7. The summed E-state index contributed by atoms with van der Waals surface area (Å²) in [6.07, 6.45) is 5.55. The van der Waals surface area contributed by atoms with Crippen LogP contribution in [0.5, 0.6) is 11.8 Å². The van der Waals surface area contributed by atoms with E-state index in [9.17, 15) is 5.11 Å². The van der Waals surface area contributed by atoms with Crippen molar-refractivity contribution < 1.29 is 14.2 Å². The lowest BCUT2D eigenvalue weighted by Gasteiger charge is -2.32. The molecule has 1 aliphatic heterocycles. The smallest absolute Gasteiger partial charge is 0.326 e. The number of hydrogen-bond acceptors (Lipinski definition) is 7. The molecule has 35 heavy (non-hydrogen) atoms. The highest BCUT2D eigenvalue weighted by Gasteiger charge is 2.22. The Balaban J connectivity index is 1.47. The number of hydrogen-bond donors (Lipinski definition) is 4. The third kappa shape index (κ3) is 4.97. The number of fused-ring (bicyclic) bond motifs is 1. The van der Waals surface area contributed by atoms with Gasteiger partial charge < -0.3 is 25.0 Å². The number of benzene rings is 1. The first-order chi connectivity index (χ1) is 17.0. The molecule has 1 aromatic carbocycles. The summed E-state index contributed by atoms with van der Waals surface area (Å²) in [6, 6.07) is 8.80. The van der Waals surface area contributed by atoms with Gasteiger partial charge in [-0.05, 0) is 56.9 Å². The summed E-state index contributed by atoms with van der Waals surface area (Å²) in [7, 11) is 0. The number of aromatic amines is 2. The number of aliphatic hydroxyl groups excluding tert-OH is 1. The topological polar surface area (TPSA) is 115 Å². The average molecular weight is 478 g/mol. The summed E-state index contributed by atoms with van der Waals surface area (Å²) in [5, 5.41) is 20.3. The molecule has 0 saturated carbocycles. The number of nitrogens with one attached hydrogen (secondary N) is 3. The van der Waals surface area contributed by atoms with Crippen LogP contribution in [-0.2, 0) is 0 Å². The molecule has 0 amide bonds. The third-order valence-corrected chi connectivity index (χ3v) is 6.13. The number of anilines is 3. The van der Waals surface area contributed by atoms with E-state index in [-0.39, 0.29) is 18.4 Å². The standard InChI is InChI=1S/C25H28FN7O2/c1-3-4-17-12-22(32-31-17)28-21-13-23(33-9-7-16(14-34)8-10-33)30-25(29-21)35-20-6-5-19-18(24(20)26)11-15(2)27-19/h3-6,11-13,16,27,34H,7-10,14H2,1-2H3,(H2,28,29,30,31,32)/b4-3+. The molecule has 5 rings (SSSR count). The molecule has 3 aromatic heterocycles. The molecule has 4 N–H and O–H groups in total. The highest BCUT2D eigenvalue weighted by atomic mass is 19.1. The fourth-order valence-electron chi connectivity index (χ4n) is 4.29. The van der Waals surface area contributed by atoms with Crippen molar-refractivity contribution in [2.75, 3.05) is 29.9 Å². The molecular weight excluding hydrogens is 449 g/mol. The second-order valence-corrected chi connectivity index (χ2v) is 8.73. The zero-order valence-electron chi connectivity index (χ0n) is 19.7. The molecule has 4 aromatic rings. The van der Waals surface area contributed by atoms with Crippen LogP contribution in [0.4, 0.5) is 21.8 Å². The Morgan fingerprint density at radius 2 is 2.03 bits per heavy atom. The highest BCUT2D eigenvalue weighted by molar-refractivity contribution is 5.82. The van der Waals surface area contributed by atoms with E-state index < -0.39 is 5.82 Å². The van der Waals surface area contributed by atoms with Gasteiger partial charge in [0.05, 0.1) is 5.69 Å². The summed E-state index contributed by atoms with van der Waals surface area (Å²) in [5.74, 6) is 1.60. The van der Waals surface area contributed by atoms with E-state index in [2.05, 4.69) is 35.4 Å². The maximum atomic E-state index is 15.2. The van der Waals surface area contributed by atoms with Crippen molar-refractivity contribution in [3.63, 3.8) is 0 Å². The molecule has 10 heteroatoms. The molecule has 1 aliphatic rings. The molecular formula is C25H28FN7O2. The first-order valence-corrected chi connectivity index (χ1v) is 11.7. The van der Waals surface area contributed by atoms with Gasteiger partial charge in [-0.2, -0.15) is 15.1 Å². The predicted molar refractivity (Wildman–Crippen MR) is 134 cm³/mol. The van der Waals surface area contributed by atoms with Crippen LogP contribution in [0.3, 0.4) is 0 Å². The van der Waals surface area contributed by atoms with Crippen molar-refractivity contribution in [1.29, 1.82) is 0 Å². The zero-order valence-corrected chi connectivity index (χ0v) is 19.7. The van der Waals surface area contributed by atoms with Crippen molar-refractivity contribution in [1.82, 2.24) is 25.1 Å². The number of H-pyrrole nitrogens is 2. The summed E-state index contributed by atoms with van der Waals surface area (Å²) >= 11 is 0. The quantitative estimate of drug-likeness (QED) is 0.299. The Morgan fingerprint density at radius 1 is 1.20 bits per heavy atom. The average Bonchev–Trinajstić information content (AvgIpc) is 3.47. The van der Waals surface area contributed by atoms with Crippen LogP contribution in [0.25, 0.3) is 17.0 Å². The number of aliphatic hydroxyl groups is 1. The lowest BCUT2D eigenvalue weighted by atomic mass is 9.98. The summed E-state index contributed by atoms with van der Waals surface area (Å²) < 4.78 is 21.0. The first kappa shape index (κ1) is 22.9. The van der Waals surface area contributed by atoms with Crippen LogP contribution < -0.4 is 15.0 Å². The minimum Gasteiger partial charge on any atom is -0.421 e. The Morgan fingerprint density at radius 3 is 2.80 bits per heavy atom. The van der Waals surface area contributed by atoms with Gasteiger partial charge in [0.25, 0.3) is 0 Å². The predicted octanol–water partition coefficient (Wildman–Crippen LogP) is 4.91. The van der Waals surface area contributed by atoms with Crippen molar-refractivity contribution in [3.8, 4) is 11.8 Å². The molecule has 0 bridgehead atoms. The van der Waals surface area contributed by atoms with Gasteiger partial charge in [-0.3, -0.25) is 5.10 Å². The Kier molecular flexibility index (Phi) is 6.37. The molecule has 1 fully saturated rings. The van der Waals surface area contributed by atoms with Crippen molar-refractivity contribution >= 4 is 34.4 Å². The van der Waals surface area contributed by atoms with Crippen LogP contribution in [0.2, 0.25) is 0 Å². The molecule has 0 spiro atoms. The van der Waals surface area contributed by atoms with Gasteiger partial charge in [0.2, 0.25) is 0 Å². The molecule has 0 aliphatic carbocycles. The Bertz CT molecular complexity index is 1360. The van der Waals surface area contributed by atoms with Crippen LogP contribution in [0, 0.1) is 18.7 Å². The van der Waals surface area contributed by atoms with Crippen molar-refractivity contribution in [2.45, 2.75) is 26.7 Å². The van der Waals surface area contributed by atoms with E-state index in [0.717, 1.165) is 37.3 Å². The number of aromatic nitrogens is 5. The van der Waals surface area contributed by atoms with Gasteiger partial charge in [0, 0.05) is 48.4 Å². The van der Waals surface area contributed by atoms with Gasteiger partial charge in [0.15, 0.2) is 17.4 Å². The summed E-state index contributed by atoms with van der Waals surface area (Å²) in [6.45, 7) is 5.49. The fraction of sp³-hybridized carbons (Fsp3) is 0.320. The number of nitrogens with zero attached hydrogens (tertiary/aromatic N) is 4. The second kappa shape index (κ2) is 9.75. The minimum atomic E-state index is -0.470. The van der Waals surface area contributed by atoms with Gasteiger partial charge in [0.1, 0.15) is 11.6 Å². The zero-order chi connectivity index (χ0) is 24.4. The van der Waals surface area contributed by atoms with Gasteiger partial charge in [-0.25, -0.2) is 4.39 Å². The van der Waals surface area contributed by atoms with Gasteiger partial charge in [-0.15, -0.1) is 0 Å². The van der Waals surface area contributed by atoms with Crippen molar-refractivity contribution in [3.05, 3.63) is 53.6 Å². The first-order valence-electron chi connectivity index (χ1n) is 11.7. The number of piperidine rings is 1. The van der Waals surface area contributed by atoms with E-state index in [4.69, 9.17) is 4.74 Å². The van der Waals surface area contributed by atoms with E-state index in [1.54, 1.807) is 18.2 Å². The third-order valence-electron chi connectivity index (χ3n) is 6.13. The second-order valence-electron chi connectivity index (χ2n) is 8.73. The van der Waals surface area contributed by atoms with E-state index in [0.29, 0.717) is 34.3 Å². The van der Waals surface area contributed by atoms with E-state index in [1.165, 1.54) is 0 Å². The number of aryl methyl sites for hydroxylation is 1. The van der Waals surface area contributed by atoms with Crippen molar-refractivity contribution in [2.24, 2.45) is 5.92 Å². The fourth-order valence-corrected chi connectivity index (χ4v) is 4.29. The molecule has 1 saturated heterocycles. The normalized spacial score (nSPS) is 14.8. The minimum absolute atomic E-state index is 0.0315. The maximum Gasteiger partial charge on any atom is 0.326 e. The lowest BCUT2D eigenvalue weighted by Crippen LogP contribution is -2.35. The number of ether oxygens (including phenoxy) is 1. The Hall–Kier alpha value is -3.92. The highest BCUT2D eigenvalue weighted by Crippen LogP contribution is 2.32.